The van der Waals surface area contributed by atoms with Crippen LogP contribution in [0, 0.1) is 34.0 Å². The zero-order valence-electron chi connectivity index (χ0n) is 21.2. The Hall–Kier alpha value is -2.26. The molecule has 4 aliphatic carbocycles. The van der Waals surface area contributed by atoms with Gasteiger partial charge in [-0.15, -0.1) is 0 Å². The highest BCUT2D eigenvalue weighted by Gasteiger charge is 2.79. The molecule has 4 fully saturated rings. The van der Waals surface area contributed by atoms with E-state index in [1.807, 2.05) is 6.92 Å². The predicted molar refractivity (Wildman–Crippen MR) is 121 cm³/mol. The molecule has 9 heteroatoms. The molecule has 2 N–H and O–H groups in total. The molecule has 2 bridgehead atoms. The minimum absolute atomic E-state index is 0.0858. The second-order valence-corrected chi connectivity index (χ2v) is 11.7. The number of aliphatic hydroxyl groups is 2. The molecule has 9 nitrogen and oxygen atoms in total. The third kappa shape index (κ3) is 3.41. The van der Waals surface area contributed by atoms with Gasteiger partial charge in [-0.3, -0.25) is 19.2 Å². The van der Waals surface area contributed by atoms with Gasteiger partial charge < -0.3 is 24.4 Å². The molecule has 0 unspecified atom stereocenters. The Kier molecular flexibility index (Phi) is 6.00. The first-order valence-electron chi connectivity index (χ1n) is 12.2. The molecule has 0 heterocycles. The van der Waals surface area contributed by atoms with E-state index in [0.29, 0.717) is 12.0 Å². The van der Waals surface area contributed by atoms with Crippen molar-refractivity contribution in [2.45, 2.75) is 91.3 Å². The lowest BCUT2D eigenvalue weighted by Gasteiger charge is -2.69. The van der Waals surface area contributed by atoms with Crippen LogP contribution in [-0.2, 0) is 33.4 Å². The number of ketones is 1. The first-order chi connectivity index (χ1) is 16.1. The largest absolute Gasteiger partial charge is 0.462 e. The number of hydrogen-bond donors (Lipinski definition) is 2. The van der Waals surface area contributed by atoms with Gasteiger partial charge in [-0.2, -0.15) is 0 Å². The number of ether oxygens (including phenoxy) is 3. The first kappa shape index (κ1) is 25.8. The molecule has 0 radical (unpaired) electrons. The normalized spacial score (nSPS) is 45.7. The first-order valence-corrected chi connectivity index (χ1v) is 12.2. The average Bonchev–Trinajstić information content (AvgIpc) is 2.90. The maximum atomic E-state index is 14.0. The van der Waals surface area contributed by atoms with Crippen LogP contribution in [0.1, 0.15) is 60.8 Å². The number of aliphatic hydroxyl groups excluding tert-OH is 2. The lowest BCUT2D eigenvalue weighted by atomic mass is 9.37. The van der Waals surface area contributed by atoms with Crippen LogP contribution in [0.4, 0.5) is 0 Å². The molecule has 1 spiro atoms. The van der Waals surface area contributed by atoms with Crippen molar-refractivity contribution in [2.24, 2.45) is 34.0 Å². The SMILES string of the molecule is C=C1C(=O)[C@]23C[C@H]1C[C@H](OC(C)=O)[C@@H]2[C@@]1(C)[C@@H](OC(C)=O)C[C@H](O)C(C)(C)[C@H]1[C@@H](O)[C@@H]3OC(C)=O. The highest BCUT2D eigenvalue weighted by molar-refractivity contribution is 6.04. The van der Waals surface area contributed by atoms with E-state index < -0.39 is 76.5 Å². The van der Waals surface area contributed by atoms with Gasteiger partial charge in [0, 0.05) is 44.4 Å². The third-order valence-corrected chi connectivity index (χ3v) is 9.44. The predicted octanol–water partition coefficient (Wildman–Crippen LogP) is 1.72. The summed E-state index contributed by atoms with van der Waals surface area (Å²) in [5.41, 5.74) is -3.07. The van der Waals surface area contributed by atoms with Crippen LogP contribution in [0.15, 0.2) is 12.2 Å². The van der Waals surface area contributed by atoms with E-state index in [2.05, 4.69) is 6.58 Å². The molecule has 4 aliphatic rings. The van der Waals surface area contributed by atoms with Crippen LogP contribution in [0.2, 0.25) is 0 Å². The van der Waals surface area contributed by atoms with Crippen LogP contribution in [-0.4, -0.2) is 64.4 Å². The Morgan fingerprint density at radius 2 is 1.49 bits per heavy atom. The van der Waals surface area contributed by atoms with Crippen LogP contribution in [0.3, 0.4) is 0 Å². The van der Waals surface area contributed by atoms with Crippen molar-refractivity contribution in [3.63, 3.8) is 0 Å². The Morgan fingerprint density at radius 1 is 0.914 bits per heavy atom. The number of allylic oxidation sites excluding steroid dienone is 1. The number of rotatable bonds is 3. The fraction of sp³-hybridized carbons (Fsp3) is 0.769. The number of carbonyl (C=O) groups excluding carboxylic acids is 4. The molecule has 0 saturated heterocycles. The van der Waals surface area contributed by atoms with Gasteiger partial charge in [-0.1, -0.05) is 27.4 Å². The van der Waals surface area contributed by atoms with Crippen LogP contribution in [0.25, 0.3) is 0 Å². The molecule has 0 amide bonds. The van der Waals surface area contributed by atoms with Crippen molar-refractivity contribution in [3.05, 3.63) is 12.2 Å². The zero-order chi connectivity index (χ0) is 26.2. The number of fused-ring (bicyclic) bond motifs is 3. The molecule has 194 valence electrons. The van der Waals surface area contributed by atoms with Gasteiger partial charge >= 0.3 is 17.9 Å². The quantitative estimate of drug-likeness (QED) is 0.343. The summed E-state index contributed by atoms with van der Waals surface area (Å²) >= 11 is 0. The Balaban J connectivity index is 2.03. The maximum absolute atomic E-state index is 14.0. The summed E-state index contributed by atoms with van der Waals surface area (Å²) in [6.07, 6.45) is -4.48. The summed E-state index contributed by atoms with van der Waals surface area (Å²) in [6.45, 7) is 13.2. The Labute approximate surface area is 205 Å². The number of hydrogen-bond acceptors (Lipinski definition) is 9. The van der Waals surface area contributed by atoms with E-state index in [9.17, 15) is 29.4 Å². The van der Waals surface area contributed by atoms with E-state index in [1.54, 1.807) is 13.8 Å². The zero-order valence-corrected chi connectivity index (χ0v) is 21.2. The summed E-state index contributed by atoms with van der Waals surface area (Å²) in [7, 11) is 0. The Morgan fingerprint density at radius 3 is 2.03 bits per heavy atom. The molecular weight excluding hydrogens is 456 g/mol. The highest BCUT2D eigenvalue weighted by Crippen LogP contribution is 2.72. The molecule has 0 aromatic carbocycles. The van der Waals surface area contributed by atoms with Crippen molar-refractivity contribution in [1.29, 1.82) is 0 Å². The monoisotopic (exact) mass is 492 g/mol. The highest BCUT2D eigenvalue weighted by atomic mass is 16.6. The fourth-order valence-electron chi connectivity index (χ4n) is 8.44. The second kappa shape index (κ2) is 8.13. The van der Waals surface area contributed by atoms with Crippen molar-refractivity contribution in [3.8, 4) is 0 Å². The Bertz CT molecular complexity index is 985. The molecule has 4 rings (SSSR count). The molecule has 0 aliphatic heterocycles. The summed E-state index contributed by atoms with van der Waals surface area (Å²) in [4.78, 5) is 50.6. The van der Waals surface area contributed by atoms with Crippen LogP contribution >= 0.6 is 0 Å². The standard InChI is InChI=1S/C26H36O9/c1-11-15-8-16(33-12(2)27)20-25(7)18(34-13(3)28)9-17(30)24(5,6)21(25)19(31)23(35-14(4)29)26(20,10-15)22(11)32/h15-21,23,30-31H,1,8-10H2,2-7H3/t15-,16+,17+,18+,19-,20-,21-,23+,25-,26+/m1/s1. The summed E-state index contributed by atoms with van der Waals surface area (Å²) in [5.74, 6) is -3.89. The molecule has 10 atom stereocenters. The summed E-state index contributed by atoms with van der Waals surface area (Å²) in [6, 6.07) is 0. The molecule has 0 aromatic heterocycles. The fourth-order valence-corrected chi connectivity index (χ4v) is 8.44. The second-order valence-electron chi connectivity index (χ2n) is 11.7. The topological polar surface area (TPSA) is 136 Å². The van der Waals surface area contributed by atoms with Crippen LogP contribution < -0.4 is 0 Å². The van der Waals surface area contributed by atoms with Gasteiger partial charge in [0.15, 0.2) is 5.78 Å². The van der Waals surface area contributed by atoms with Gasteiger partial charge in [0.05, 0.1) is 17.6 Å². The van der Waals surface area contributed by atoms with E-state index in [0.717, 1.165) is 0 Å². The van der Waals surface area contributed by atoms with E-state index in [1.165, 1.54) is 20.8 Å². The van der Waals surface area contributed by atoms with Gasteiger partial charge in [0.25, 0.3) is 0 Å². The molecule has 35 heavy (non-hydrogen) atoms. The van der Waals surface area contributed by atoms with Crippen molar-refractivity contribution in [2.75, 3.05) is 0 Å². The lowest BCUT2D eigenvalue weighted by molar-refractivity contribution is -0.307. The smallest absolute Gasteiger partial charge is 0.303 e. The summed E-state index contributed by atoms with van der Waals surface area (Å²) in [5, 5.41) is 23.0. The minimum Gasteiger partial charge on any atom is -0.462 e. The number of esters is 3. The minimum atomic E-state index is -1.41. The number of Topliss-reactive ketones (excluding diaryl/α,β-unsaturated/α-hetero) is 1. The number of carbonyl (C=O) groups is 4. The van der Waals surface area contributed by atoms with Gasteiger partial charge in [-0.05, 0) is 29.7 Å². The van der Waals surface area contributed by atoms with Gasteiger partial charge in [-0.25, -0.2) is 0 Å². The van der Waals surface area contributed by atoms with Gasteiger partial charge in [0.2, 0.25) is 0 Å². The average molecular weight is 493 g/mol. The van der Waals surface area contributed by atoms with Crippen molar-refractivity contribution >= 4 is 23.7 Å². The van der Waals surface area contributed by atoms with E-state index in [4.69, 9.17) is 14.2 Å². The van der Waals surface area contributed by atoms with E-state index >= 15 is 0 Å². The lowest BCUT2D eigenvalue weighted by Crippen LogP contribution is -2.76. The maximum Gasteiger partial charge on any atom is 0.303 e. The van der Waals surface area contributed by atoms with Crippen LogP contribution in [0.5, 0.6) is 0 Å². The summed E-state index contributed by atoms with van der Waals surface area (Å²) < 4.78 is 17.3. The molecule has 0 aromatic rings. The van der Waals surface area contributed by atoms with Crippen molar-refractivity contribution < 1.29 is 43.6 Å². The third-order valence-electron chi connectivity index (χ3n) is 9.44. The molecular formula is C26H36O9. The molecule has 4 saturated carbocycles. The van der Waals surface area contributed by atoms with E-state index in [-0.39, 0.29) is 24.5 Å². The van der Waals surface area contributed by atoms with Crippen molar-refractivity contribution in [1.82, 2.24) is 0 Å². The van der Waals surface area contributed by atoms with Gasteiger partial charge in [0.1, 0.15) is 18.3 Å².